The number of carbonyl (C=O) groups excluding carboxylic acids is 1. The van der Waals surface area contributed by atoms with Crippen LogP contribution in [0.25, 0.3) is 0 Å². The Morgan fingerprint density at radius 3 is 1.96 bits per heavy atom. The predicted octanol–water partition coefficient (Wildman–Crippen LogP) is 2.85. The van der Waals surface area contributed by atoms with Gasteiger partial charge in [0.1, 0.15) is 26.2 Å². The minimum atomic E-state index is -0.745. The van der Waals surface area contributed by atoms with Gasteiger partial charge in [-0.2, -0.15) is 0 Å². The van der Waals surface area contributed by atoms with Crippen LogP contribution in [0.3, 0.4) is 0 Å². The lowest BCUT2D eigenvalue weighted by Crippen LogP contribution is -3.14. The monoisotopic (exact) mass is 388 g/mol. The number of unbranched alkanes of at least 4 members (excludes halogenated alkanes) is 8. The minimum absolute atomic E-state index is 0.0180. The summed E-state index contributed by atoms with van der Waals surface area (Å²) >= 11 is 0. The number of morpholine rings is 1. The van der Waals surface area contributed by atoms with Gasteiger partial charge in [0.25, 0.3) is 0 Å². The Hall–Kier alpha value is -1.14. The molecular formula is C21H42NO5+. The second-order valence-corrected chi connectivity index (χ2v) is 7.16. The van der Waals surface area contributed by atoms with Crippen LogP contribution in [-0.4, -0.2) is 56.5 Å². The quantitative estimate of drug-likeness (QED) is 0.353. The lowest BCUT2D eigenvalue weighted by Gasteiger charge is -2.23. The molecule has 0 bridgehead atoms. The number of esters is 1. The fraction of sp³-hybridized carbons (Fsp3) is 0.905. The van der Waals surface area contributed by atoms with E-state index in [2.05, 4.69) is 6.92 Å². The van der Waals surface area contributed by atoms with Crippen molar-refractivity contribution in [2.75, 3.05) is 39.5 Å². The smallest absolute Gasteiger partial charge is 0.305 e. The number of nitrogens with one attached hydrogen (secondary N) is 1. The first-order chi connectivity index (χ1) is 13.1. The van der Waals surface area contributed by atoms with Crippen molar-refractivity contribution < 1.29 is 29.1 Å². The highest BCUT2D eigenvalue weighted by Gasteiger charge is 2.13. The fourth-order valence-electron chi connectivity index (χ4n) is 2.87. The van der Waals surface area contributed by atoms with E-state index in [1.54, 1.807) is 6.92 Å². The summed E-state index contributed by atoms with van der Waals surface area (Å²) in [6.07, 6.45) is 12.3. The van der Waals surface area contributed by atoms with E-state index < -0.39 is 5.97 Å². The molecule has 1 heterocycles. The molecule has 0 aromatic carbocycles. The van der Waals surface area contributed by atoms with E-state index in [1.807, 2.05) is 0 Å². The molecule has 0 aromatic rings. The molecule has 27 heavy (non-hydrogen) atoms. The number of quaternary nitrogens is 1. The van der Waals surface area contributed by atoms with Crippen LogP contribution in [0.1, 0.15) is 84.5 Å². The van der Waals surface area contributed by atoms with Crippen LogP contribution in [-0.2, 0) is 19.1 Å². The maximum atomic E-state index is 11.6. The van der Waals surface area contributed by atoms with E-state index in [-0.39, 0.29) is 12.4 Å². The first-order valence-corrected chi connectivity index (χ1v) is 10.9. The van der Waals surface area contributed by atoms with Crippen LogP contribution >= 0.6 is 0 Å². The number of hydrogen-bond acceptors (Lipinski definition) is 4. The van der Waals surface area contributed by atoms with Crippen molar-refractivity contribution in [3.05, 3.63) is 0 Å². The maximum Gasteiger partial charge on any atom is 0.305 e. The molecular weight excluding hydrogens is 346 g/mol. The van der Waals surface area contributed by atoms with Crippen molar-refractivity contribution in [1.29, 1.82) is 0 Å². The Kier molecular flexibility index (Phi) is 18.8. The van der Waals surface area contributed by atoms with Gasteiger partial charge < -0.3 is 19.5 Å². The van der Waals surface area contributed by atoms with Gasteiger partial charge in [0.2, 0.25) is 0 Å². The largest absolute Gasteiger partial charge is 0.481 e. The summed E-state index contributed by atoms with van der Waals surface area (Å²) in [4.78, 5) is 22.5. The Morgan fingerprint density at radius 2 is 1.44 bits per heavy atom. The Balaban J connectivity index is 0.00000119. The summed E-state index contributed by atoms with van der Waals surface area (Å²) in [5.41, 5.74) is 0. The molecule has 2 N–H and O–H groups in total. The Bertz CT molecular complexity index is 356. The molecule has 6 nitrogen and oxygen atoms in total. The molecule has 0 aromatic heterocycles. The third kappa shape index (κ3) is 19.4. The summed E-state index contributed by atoms with van der Waals surface area (Å²) in [7, 11) is 0. The molecule has 0 amide bonds. The summed E-state index contributed by atoms with van der Waals surface area (Å²) in [5, 5.41) is 7.72. The maximum absolute atomic E-state index is 11.6. The second kappa shape index (κ2) is 19.6. The summed E-state index contributed by atoms with van der Waals surface area (Å²) in [6, 6.07) is 0. The normalized spacial score (nSPS) is 14.3. The number of carboxylic acid groups (broad SMARTS) is 1. The molecule has 0 unspecified atom stereocenters. The average molecular weight is 389 g/mol. The van der Waals surface area contributed by atoms with Crippen LogP contribution in [0.4, 0.5) is 0 Å². The van der Waals surface area contributed by atoms with Crippen molar-refractivity contribution in [3.8, 4) is 0 Å². The van der Waals surface area contributed by atoms with Crippen LogP contribution < -0.4 is 4.90 Å². The molecule has 1 rings (SSSR count). The second-order valence-electron chi connectivity index (χ2n) is 7.16. The van der Waals surface area contributed by atoms with Crippen molar-refractivity contribution in [1.82, 2.24) is 0 Å². The number of hydrogen-bond donors (Lipinski definition) is 2. The molecule has 160 valence electrons. The topological polar surface area (TPSA) is 77.3 Å². The fourth-order valence-corrected chi connectivity index (χ4v) is 2.87. The summed E-state index contributed by atoms with van der Waals surface area (Å²) < 4.78 is 10.6. The zero-order valence-corrected chi connectivity index (χ0v) is 17.6. The van der Waals surface area contributed by atoms with Crippen molar-refractivity contribution in [3.63, 3.8) is 0 Å². The number of carboxylic acids is 1. The number of rotatable bonds is 14. The molecule has 1 fully saturated rings. The summed E-state index contributed by atoms with van der Waals surface area (Å²) in [5.74, 6) is -0.763. The SMILES string of the molecule is CCC(=O)O.CCCCCCCCCCCC(=O)OCC[NH+]1CCOCC1. The minimum Gasteiger partial charge on any atom is -0.481 e. The Morgan fingerprint density at radius 1 is 0.926 bits per heavy atom. The zero-order valence-electron chi connectivity index (χ0n) is 17.6. The zero-order chi connectivity index (χ0) is 20.2. The highest BCUT2D eigenvalue weighted by molar-refractivity contribution is 5.69. The molecule has 0 radical (unpaired) electrons. The first-order valence-electron chi connectivity index (χ1n) is 10.9. The van der Waals surface area contributed by atoms with Crippen molar-refractivity contribution >= 4 is 11.9 Å². The van der Waals surface area contributed by atoms with Crippen LogP contribution in [0, 0.1) is 0 Å². The van der Waals surface area contributed by atoms with Gasteiger partial charge in [-0.05, 0) is 6.42 Å². The third-order valence-electron chi connectivity index (χ3n) is 4.71. The van der Waals surface area contributed by atoms with Crippen molar-refractivity contribution in [2.45, 2.75) is 84.5 Å². The van der Waals surface area contributed by atoms with Gasteiger partial charge in [-0.15, -0.1) is 0 Å². The van der Waals surface area contributed by atoms with Gasteiger partial charge in [0.05, 0.1) is 13.2 Å². The summed E-state index contributed by atoms with van der Waals surface area (Å²) in [6.45, 7) is 9.08. The first kappa shape index (κ1) is 25.9. The molecule has 0 aliphatic carbocycles. The molecule has 0 saturated carbocycles. The predicted molar refractivity (Wildman–Crippen MR) is 107 cm³/mol. The van der Waals surface area contributed by atoms with Gasteiger partial charge in [0.15, 0.2) is 0 Å². The van der Waals surface area contributed by atoms with Crippen molar-refractivity contribution in [2.24, 2.45) is 0 Å². The third-order valence-corrected chi connectivity index (χ3v) is 4.71. The van der Waals surface area contributed by atoms with Gasteiger partial charge >= 0.3 is 11.9 Å². The van der Waals surface area contributed by atoms with Crippen LogP contribution in [0.15, 0.2) is 0 Å². The van der Waals surface area contributed by atoms with E-state index in [9.17, 15) is 9.59 Å². The highest BCUT2D eigenvalue weighted by atomic mass is 16.5. The lowest BCUT2D eigenvalue weighted by molar-refractivity contribution is -0.908. The molecule has 1 aliphatic rings. The molecule has 6 heteroatoms. The van der Waals surface area contributed by atoms with Gasteiger partial charge in [0, 0.05) is 12.8 Å². The van der Waals surface area contributed by atoms with E-state index in [0.717, 1.165) is 45.7 Å². The molecule has 1 saturated heterocycles. The highest BCUT2D eigenvalue weighted by Crippen LogP contribution is 2.10. The van der Waals surface area contributed by atoms with E-state index >= 15 is 0 Å². The van der Waals surface area contributed by atoms with E-state index in [0.29, 0.717) is 13.0 Å². The van der Waals surface area contributed by atoms with Gasteiger partial charge in [-0.3, -0.25) is 9.59 Å². The number of aliphatic carboxylic acids is 1. The van der Waals surface area contributed by atoms with Gasteiger partial charge in [-0.1, -0.05) is 65.2 Å². The van der Waals surface area contributed by atoms with Gasteiger partial charge in [-0.25, -0.2) is 0 Å². The van der Waals surface area contributed by atoms with Crippen LogP contribution in [0.2, 0.25) is 0 Å². The lowest BCUT2D eigenvalue weighted by atomic mass is 10.1. The number of ether oxygens (including phenoxy) is 2. The van der Waals surface area contributed by atoms with E-state index in [4.69, 9.17) is 14.6 Å². The molecule has 1 aliphatic heterocycles. The van der Waals surface area contributed by atoms with E-state index in [1.165, 1.54) is 49.8 Å². The number of carbonyl (C=O) groups is 2. The molecule has 0 atom stereocenters. The molecule has 0 spiro atoms. The Labute approximate surface area is 165 Å². The van der Waals surface area contributed by atoms with Crippen LogP contribution in [0.5, 0.6) is 0 Å². The standard InChI is InChI=1S/C18H35NO3.C3H6O2/c1-2-3-4-5-6-7-8-9-10-11-18(20)22-17-14-19-12-15-21-16-13-19;1-2-3(4)5/h2-17H2,1H3;2H2,1H3,(H,4,5)/p+1. The average Bonchev–Trinajstić information content (AvgIpc) is 2.68.